The van der Waals surface area contributed by atoms with Gasteiger partial charge in [0.2, 0.25) is 0 Å². The van der Waals surface area contributed by atoms with E-state index in [2.05, 4.69) is 0 Å². The second-order valence-electron chi connectivity index (χ2n) is 3.13. The van der Waals surface area contributed by atoms with Crippen LogP contribution in [-0.2, 0) is 9.53 Å². The standard InChI is InChI=1S/C8H11NO3/c1-8(2)6(4-5-10)9(3)7(11)12-8/h4-5H,1-3H3/b6-4-. The van der Waals surface area contributed by atoms with Crippen molar-refractivity contribution in [3.05, 3.63) is 11.8 Å². The summed E-state index contributed by atoms with van der Waals surface area (Å²) in [4.78, 5) is 22.6. The summed E-state index contributed by atoms with van der Waals surface area (Å²) in [5.74, 6) is 0. The van der Waals surface area contributed by atoms with Crippen LogP contribution in [0.1, 0.15) is 13.8 Å². The quantitative estimate of drug-likeness (QED) is 0.433. The molecule has 12 heavy (non-hydrogen) atoms. The fourth-order valence-corrected chi connectivity index (χ4v) is 1.22. The second kappa shape index (κ2) is 2.62. The summed E-state index contributed by atoms with van der Waals surface area (Å²) >= 11 is 0. The molecule has 66 valence electrons. The summed E-state index contributed by atoms with van der Waals surface area (Å²) < 4.78 is 4.99. The lowest BCUT2D eigenvalue weighted by Crippen LogP contribution is -2.23. The van der Waals surface area contributed by atoms with E-state index in [-0.39, 0.29) is 0 Å². The van der Waals surface area contributed by atoms with Gasteiger partial charge in [0.05, 0.1) is 5.70 Å². The monoisotopic (exact) mass is 169 g/mol. The molecule has 0 aromatic rings. The normalized spacial score (nSPS) is 24.4. The smallest absolute Gasteiger partial charge is 0.414 e. The van der Waals surface area contributed by atoms with Gasteiger partial charge in [0, 0.05) is 13.1 Å². The van der Waals surface area contributed by atoms with Gasteiger partial charge in [-0.05, 0) is 13.8 Å². The lowest BCUT2D eigenvalue weighted by atomic mass is 10.1. The van der Waals surface area contributed by atoms with Crippen LogP contribution in [0.15, 0.2) is 11.8 Å². The van der Waals surface area contributed by atoms with Crippen LogP contribution in [0.4, 0.5) is 4.79 Å². The first kappa shape index (κ1) is 8.77. The average molecular weight is 169 g/mol. The molecule has 0 aromatic heterocycles. The number of allylic oxidation sites excluding steroid dienone is 1. The molecule has 0 bridgehead atoms. The number of carbonyl (C=O) groups is 2. The molecule has 1 heterocycles. The van der Waals surface area contributed by atoms with E-state index < -0.39 is 11.7 Å². The Bertz CT molecular complexity index is 255. The van der Waals surface area contributed by atoms with Gasteiger partial charge in [-0.2, -0.15) is 0 Å². The Kier molecular flexibility index (Phi) is 1.92. The summed E-state index contributed by atoms with van der Waals surface area (Å²) in [6, 6.07) is 0. The van der Waals surface area contributed by atoms with Gasteiger partial charge in [-0.3, -0.25) is 9.69 Å². The fourth-order valence-electron chi connectivity index (χ4n) is 1.22. The minimum absolute atomic E-state index is 0.423. The molecule has 0 spiro atoms. The minimum atomic E-state index is -0.688. The first-order valence-electron chi connectivity index (χ1n) is 3.61. The van der Waals surface area contributed by atoms with Gasteiger partial charge in [0.25, 0.3) is 0 Å². The van der Waals surface area contributed by atoms with E-state index in [4.69, 9.17) is 4.74 Å². The zero-order valence-corrected chi connectivity index (χ0v) is 7.33. The maximum Gasteiger partial charge on any atom is 0.414 e. The third-order valence-corrected chi connectivity index (χ3v) is 1.82. The van der Waals surface area contributed by atoms with Gasteiger partial charge in [0.1, 0.15) is 11.9 Å². The summed E-state index contributed by atoms with van der Waals surface area (Å²) in [5.41, 5.74) is -0.102. The molecule has 0 unspecified atom stereocenters. The number of aldehydes is 1. The van der Waals surface area contributed by atoms with Crippen molar-refractivity contribution in [2.75, 3.05) is 7.05 Å². The molecule has 1 aliphatic heterocycles. The van der Waals surface area contributed by atoms with Crippen molar-refractivity contribution < 1.29 is 14.3 Å². The number of amides is 1. The molecule has 4 nitrogen and oxygen atoms in total. The first-order chi connectivity index (χ1) is 5.49. The van der Waals surface area contributed by atoms with Gasteiger partial charge in [-0.15, -0.1) is 0 Å². The Hall–Kier alpha value is -1.32. The molecule has 1 saturated heterocycles. The third kappa shape index (κ3) is 1.20. The molecule has 1 fully saturated rings. The van der Waals surface area contributed by atoms with Crippen LogP contribution >= 0.6 is 0 Å². The van der Waals surface area contributed by atoms with Gasteiger partial charge in [-0.25, -0.2) is 4.79 Å². The van der Waals surface area contributed by atoms with Crippen LogP contribution in [0.5, 0.6) is 0 Å². The van der Waals surface area contributed by atoms with Crippen LogP contribution in [0.25, 0.3) is 0 Å². The van der Waals surface area contributed by atoms with E-state index >= 15 is 0 Å². The van der Waals surface area contributed by atoms with E-state index in [0.717, 1.165) is 0 Å². The summed E-state index contributed by atoms with van der Waals surface area (Å²) in [5, 5.41) is 0. The maximum absolute atomic E-state index is 11.0. The molecule has 1 aliphatic rings. The molecule has 1 amide bonds. The van der Waals surface area contributed by atoms with E-state index in [1.807, 2.05) is 0 Å². The Labute approximate surface area is 70.8 Å². The van der Waals surface area contributed by atoms with Gasteiger partial charge < -0.3 is 4.74 Å². The zero-order valence-electron chi connectivity index (χ0n) is 7.33. The molecule has 0 saturated carbocycles. The molecule has 0 N–H and O–H groups in total. The number of ether oxygens (including phenoxy) is 1. The molecule has 0 aliphatic carbocycles. The Morgan fingerprint density at radius 3 is 2.42 bits per heavy atom. The highest BCUT2D eigenvalue weighted by Gasteiger charge is 2.40. The topological polar surface area (TPSA) is 46.6 Å². The Balaban J connectivity index is 3.04. The SMILES string of the molecule is CN1C(=O)OC(C)(C)/C1=C/C=O. The van der Waals surface area contributed by atoms with Crippen molar-refractivity contribution in [2.24, 2.45) is 0 Å². The second-order valence-corrected chi connectivity index (χ2v) is 3.13. The molecule has 4 heteroatoms. The molecular formula is C8H11NO3. The zero-order chi connectivity index (χ0) is 9.35. The van der Waals surface area contributed by atoms with Crippen LogP contribution < -0.4 is 0 Å². The van der Waals surface area contributed by atoms with Crippen molar-refractivity contribution in [1.29, 1.82) is 0 Å². The lowest BCUT2D eigenvalue weighted by molar-refractivity contribution is -0.104. The van der Waals surface area contributed by atoms with Crippen molar-refractivity contribution in [3.63, 3.8) is 0 Å². The number of hydrogen-bond acceptors (Lipinski definition) is 3. The Morgan fingerprint density at radius 1 is 1.50 bits per heavy atom. The fraction of sp³-hybridized carbons (Fsp3) is 0.500. The number of likely N-dealkylation sites (N-methyl/N-ethyl adjacent to an activating group) is 1. The van der Waals surface area contributed by atoms with Crippen molar-refractivity contribution in [1.82, 2.24) is 4.90 Å². The van der Waals surface area contributed by atoms with Crippen LogP contribution in [-0.4, -0.2) is 29.9 Å². The van der Waals surface area contributed by atoms with E-state index in [1.165, 1.54) is 11.0 Å². The van der Waals surface area contributed by atoms with Crippen molar-refractivity contribution in [3.8, 4) is 0 Å². The van der Waals surface area contributed by atoms with E-state index in [9.17, 15) is 9.59 Å². The first-order valence-corrected chi connectivity index (χ1v) is 3.61. The molecule has 0 aromatic carbocycles. The van der Waals surface area contributed by atoms with Crippen molar-refractivity contribution in [2.45, 2.75) is 19.4 Å². The number of cyclic esters (lactones) is 1. The molecule has 0 radical (unpaired) electrons. The van der Waals surface area contributed by atoms with Gasteiger partial charge in [0.15, 0.2) is 0 Å². The Morgan fingerprint density at radius 2 is 2.08 bits per heavy atom. The van der Waals surface area contributed by atoms with E-state index in [1.54, 1.807) is 20.9 Å². The lowest BCUT2D eigenvalue weighted by Gasteiger charge is -2.17. The number of hydrogen-bond donors (Lipinski definition) is 0. The number of nitrogens with zero attached hydrogens (tertiary/aromatic N) is 1. The largest absolute Gasteiger partial charge is 0.437 e. The van der Waals surface area contributed by atoms with Crippen molar-refractivity contribution >= 4 is 12.4 Å². The van der Waals surface area contributed by atoms with Gasteiger partial charge in [-0.1, -0.05) is 0 Å². The number of rotatable bonds is 1. The molecular weight excluding hydrogens is 158 g/mol. The summed E-state index contributed by atoms with van der Waals surface area (Å²) in [6.07, 6.45) is 1.56. The van der Waals surface area contributed by atoms with Crippen LogP contribution in [0, 0.1) is 0 Å². The highest BCUT2D eigenvalue weighted by molar-refractivity contribution is 5.77. The molecule has 1 rings (SSSR count). The highest BCUT2D eigenvalue weighted by atomic mass is 16.6. The maximum atomic E-state index is 11.0. The predicted molar refractivity (Wildman–Crippen MR) is 42.5 cm³/mol. The van der Waals surface area contributed by atoms with Gasteiger partial charge >= 0.3 is 6.09 Å². The number of carbonyl (C=O) groups excluding carboxylic acids is 2. The summed E-state index contributed by atoms with van der Waals surface area (Å²) in [6.45, 7) is 3.48. The molecule has 0 atom stereocenters. The average Bonchev–Trinajstić information content (AvgIpc) is 2.13. The van der Waals surface area contributed by atoms with Crippen LogP contribution in [0.3, 0.4) is 0 Å². The minimum Gasteiger partial charge on any atom is -0.437 e. The summed E-state index contributed by atoms with van der Waals surface area (Å²) in [7, 11) is 1.58. The third-order valence-electron chi connectivity index (χ3n) is 1.82. The highest BCUT2D eigenvalue weighted by Crippen LogP contribution is 2.30. The van der Waals surface area contributed by atoms with E-state index in [0.29, 0.717) is 12.0 Å². The van der Waals surface area contributed by atoms with Crippen LogP contribution in [0.2, 0.25) is 0 Å². The predicted octanol–water partition coefficient (Wildman–Crippen LogP) is 0.930.